The predicted octanol–water partition coefficient (Wildman–Crippen LogP) is 5.31. The first-order valence-electron chi connectivity index (χ1n) is 10.7. The van der Waals surface area contributed by atoms with Gasteiger partial charge in [-0.15, -0.1) is 10.2 Å². The molecule has 10 heteroatoms. The second kappa shape index (κ2) is 11.1. The highest BCUT2D eigenvalue weighted by Crippen LogP contribution is 2.28. The fourth-order valence-electron chi connectivity index (χ4n) is 2.98. The van der Waals surface area contributed by atoms with Gasteiger partial charge in [-0.05, 0) is 49.1 Å². The van der Waals surface area contributed by atoms with Gasteiger partial charge in [0.15, 0.2) is 4.34 Å². The van der Waals surface area contributed by atoms with Gasteiger partial charge in [-0.3, -0.25) is 14.4 Å². The molecule has 0 atom stereocenters. The van der Waals surface area contributed by atoms with Gasteiger partial charge in [0.2, 0.25) is 11.0 Å². The predicted molar refractivity (Wildman–Crippen MR) is 136 cm³/mol. The first-order chi connectivity index (χ1) is 15.7. The minimum absolute atomic E-state index is 0.128. The Labute approximate surface area is 203 Å². The zero-order valence-corrected chi connectivity index (χ0v) is 21.6. The molecule has 0 saturated heterocycles. The standard InChI is InChI=1S/C23H28N4O3S3/c1-5-14-31-23-26-25-22(32-23)24-21(28)15-27(19-10-8-18(9-11-19)16(2)3)33(29,30)20-12-6-17(4)7-13-20/h6-13,16H,5,14-15H2,1-4H3,(H,24,25,28). The molecular weight excluding hydrogens is 476 g/mol. The fraction of sp³-hybridized carbons (Fsp3) is 0.348. The molecule has 176 valence electrons. The number of nitrogens with zero attached hydrogens (tertiary/aromatic N) is 3. The molecule has 1 amide bonds. The number of amides is 1. The number of aromatic nitrogens is 2. The van der Waals surface area contributed by atoms with Crippen LogP contribution in [0.3, 0.4) is 0 Å². The maximum atomic E-state index is 13.5. The van der Waals surface area contributed by atoms with Crippen LogP contribution in [-0.4, -0.2) is 36.8 Å². The monoisotopic (exact) mass is 504 g/mol. The average Bonchev–Trinajstić information content (AvgIpc) is 3.23. The van der Waals surface area contributed by atoms with Gasteiger partial charge in [0, 0.05) is 5.75 Å². The van der Waals surface area contributed by atoms with Crippen LogP contribution in [-0.2, 0) is 14.8 Å². The number of rotatable bonds is 10. The van der Waals surface area contributed by atoms with E-state index in [0.29, 0.717) is 16.7 Å². The summed E-state index contributed by atoms with van der Waals surface area (Å²) in [6.07, 6.45) is 1.01. The van der Waals surface area contributed by atoms with Gasteiger partial charge in [-0.1, -0.05) is 73.7 Å². The van der Waals surface area contributed by atoms with Crippen molar-refractivity contribution in [1.29, 1.82) is 0 Å². The Morgan fingerprint density at radius 2 is 1.76 bits per heavy atom. The number of anilines is 2. The lowest BCUT2D eigenvalue weighted by Crippen LogP contribution is -2.38. The SMILES string of the molecule is CCCSc1nnc(NC(=O)CN(c2ccc(C(C)C)cc2)S(=O)(=O)c2ccc(C)cc2)s1. The van der Waals surface area contributed by atoms with Crippen LogP contribution in [0.25, 0.3) is 0 Å². The van der Waals surface area contributed by atoms with Crippen LogP contribution in [0.5, 0.6) is 0 Å². The van der Waals surface area contributed by atoms with E-state index in [1.807, 2.05) is 19.1 Å². The minimum Gasteiger partial charge on any atom is -0.299 e. The maximum absolute atomic E-state index is 13.5. The van der Waals surface area contributed by atoms with Crippen LogP contribution < -0.4 is 9.62 Å². The summed E-state index contributed by atoms with van der Waals surface area (Å²) >= 11 is 2.85. The van der Waals surface area contributed by atoms with Crippen molar-refractivity contribution in [2.75, 3.05) is 21.9 Å². The molecule has 3 rings (SSSR count). The van der Waals surface area contributed by atoms with Crippen molar-refractivity contribution in [2.24, 2.45) is 0 Å². The zero-order chi connectivity index (χ0) is 24.0. The van der Waals surface area contributed by atoms with E-state index in [4.69, 9.17) is 0 Å². The molecule has 0 unspecified atom stereocenters. The van der Waals surface area contributed by atoms with Crippen molar-refractivity contribution in [3.05, 3.63) is 59.7 Å². The number of benzene rings is 2. The number of carbonyl (C=O) groups is 1. The van der Waals surface area contributed by atoms with E-state index in [1.54, 1.807) is 48.2 Å². The molecule has 0 radical (unpaired) electrons. The van der Waals surface area contributed by atoms with E-state index in [1.165, 1.54) is 11.3 Å². The summed E-state index contributed by atoms with van der Waals surface area (Å²) in [5, 5.41) is 11.1. The molecular formula is C23H28N4O3S3. The first kappa shape index (κ1) is 25.2. The molecule has 0 spiro atoms. The van der Waals surface area contributed by atoms with Gasteiger partial charge in [0.05, 0.1) is 10.6 Å². The van der Waals surface area contributed by atoms with Crippen LogP contribution in [0.4, 0.5) is 10.8 Å². The van der Waals surface area contributed by atoms with Crippen LogP contribution >= 0.6 is 23.1 Å². The van der Waals surface area contributed by atoms with Gasteiger partial charge in [0.25, 0.3) is 10.0 Å². The van der Waals surface area contributed by atoms with Crippen molar-refractivity contribution in [2.45, 2.75) is 49.3 Å². The molecule has 0 fully saturated rings. The number of aryl methyl sites for hydroxylation is 1. The lowest BCUT2D eigenvalue weighted by atomic mass is 10.0. The third-order valence-electron chi connectivity index (χ3n) is 4.83. The Morgan fingerprint density at radius 3 is 2.36 bits per heavy atom. The van der Waals surface area contributed by atoms with Gasteiger partial charge >= 0.3 is 0 Å². The molecule has 7 nitrogen and oxygen atoms in total. The largest absolute Gasteiger partial charge is 0.299 e. The average molecular weight is 505 g/mol. The first-order valence-corrected chi connectivity index (χ1v) is 13.9. The van der Waals surface area contributed by atoms with Crippen molar-refractivity contribution >= 4 is 49.8 Å². The highest BCUT2D eigenvalue weighted by molar-refractivity contribution is 8.01. The molecule has 0 aliphatic carbocycles. The summed E-state index contributed by atoms with van der Waals surface area (Å²) in [4.78, 5) is 13.0. The van der Waals surface area contributed by atoms with Crippen molar-refractivity contribution < 1.29 is 13.2 Å². The molecule has 2 aromatic carbocycles. The van der Waals surface area contributed by atoms with E-state index in [0.717, 1.165) is 31.9 Å². The number of thioether (sulfide) groups is 1. The highest BCUT2D eigenvalue weighted by Gasteiger charge is 2.27. The third-order valence-corrected chi connectivity index (χ3v) is 8.79. The number of nitrogens with one attached hydrogen (secondary N) is 1. The number of hydrogen-bond donors (Lipinski definition) is 1. The number of carbonyl (C=O) groups excluding carboxylic acids is 1. The van der Waals surface area contributed by atoms with E-state index in [2.05, 4.69) is 36.3 Å². The number of hydrogen-bond acceptors (Lipinski definition) is 7. The van der Waals surface area contributed by atoms with Gasteiger partial charge in [0.1, 0.15) is 6.54 Å². The van der Waals surface area contributed by atoms with E-state index in [-0.39, 0.29) is 11.4 Å². The van der Waals surface area contributed by atoms with Crippen LogP contribution in [0.1, 0.15) is 44.2 Å². The molecule has 3 aromatic rings. The lowest BCUT2D eigenvalue weighted by molar-refractivity contribution is -0.114. The second-order valence-corrected chi connectivity index (χ2v) is 12.0. The molecule has 0 aliphatic heterocycles. The third kappa shape index (κ3) is 6.55. The van der Waals surface area contributed by atoms with E-state index < -0.39 is 15.9 Å². The quantitative estimate of drug-likeness (QED) is 0.297. The highest BCUT2D eigenvalue weighted by atomic mass is 32.2. The van der Waals surface area contributed by atoms with Crippen molar-refractivity contribution in [3.8, 4) is 0 Å². The Kier molecular flexibility index (Phi) is 8.50. The normalized spacial score (nSPS) is 11.5. The summed E-state index contributed by atoms with van der Waals surface area (Å²) in [7, 11) is -3.96. The molecule has 0 bridgehead atoms. The second-order valence-electron chi connectivity index (χ2n) is 7.84. The van der Waals surface area contributed by atoms with Crippen molar-refractivity contribution in [3.63, 3.8) is 0 Å². The van der Waals surface area contributed by atoms with Gasteiger partial charge in [-0.25, -0.2) is 8.42 Å². The topological polar surface area (TPSA) is 92.3 Å². The van der Waals surface area contributed by atoms with Crippen LogP contribution in [0.15, 0.2) is 57.8 Å². The van der Waals surface area contributed by atoms with Gasteiger partial charge in [-0.2, -0.15) is 0 Å². The molecule has 0 aliphatic rings. The van der Waals surface area contributed by atoms with E-state index in [9.17, 15) is 13.2 Å². The fourth-order valence-corrected chi connectivity index (χ4v) is 6.09. The zero-order valence-electron chi connectivity index (χ0n) is 19.1. The van der Waals surface area contributed by atoms with Crippen molar-refractivity contribution in [1.82, 2.24) is 10.2 Å². The molecule has 1 N–H and O–H groups in total. The summed E-state index contributed by atoms with van der Waals surface area (Å²) in [6.45, 7) is 7.72. The molecule has 33 heavy (non-hydrogen) atoms. The summed E-state index contributed by atoms with van der Waals surface area (Å²) in [5.41, 5.74) is 2.46. The van der Waals surface area contributed by atoms with Gasteiger partial charge < -0.3 is 0 Å². The summed E-state index contributed by atoms with van der Waals surface area (Å²) in [6, 6.07) is 13.8. The molecule has 1 aromatic heterocycles. The Morgan fingerprint density at radius 1 is 1.09 bits per heavy atom. The summed E-state index contributed by atoms with van der Waals surface area (Å²) in [5.74, 6) is 0.737. The Balaban J connectivity index is 1.87. The lowest BCUT2D eigenvalue weighted by Gasteiger charge is -2.24. The van der Waals surface area contributed by atoms with Crippen LogP contribution in [0.2, 0.25) is 0 Å². The minimum atomic E-state index is -3.96. The molecule has 1 heterocycles. The van der Waals surface area contributed by atoms with E-state index >= 15 is 0 Å². The maximum Gasteiger partial charge on any atom is 0.264 e. The molecule has 0 saturated carbocycles. The summed E-state index contributed by atoms with van der Waals surface area (Å²) < 4.78 is 28.9. The smallest absolute Gasteiger partial charge is 0.264 e. The Bertz CT molecular complexity index is 1170. The number of sulfonamides is 1. The van der Waals surface area contributed by atoms with Crippen LogP contribution in [0, 0.1) is 6.92 Å². The Hall–Kier alpha value is -2.43.